The van der Waals surface area contributed by atoms with E-state index in [0.717, 1.165) is 0 Å². The van der Waals surface area contributed by atoms with Gasteiger partial charge in [-0.15, -0.1) is 0 Å². The number of nitrogens with zero attached hydrogens (tertiary/aromatic N) is 1. The van der Waals surface area contributed by atoms with Crippen molar-refractivity contribution in [3.8, 4) is 5.75 Å². The average molecular weight is 372 g/mol. The van der Waals surface area contributed by atoms with Crippen LogP contribution in [0.5, 0.6) is 5.75 Å². The Labute approximate surface area is 156 Å². The summed E-state index contributed by atoms with van der Waals surface area (Å²) < 4.78 is 23.5. The van der Waals surface area contributed by atoms with Crippen LogP contribution in [0.3, 0.4) is 0 Å². The summed E-state index contributed by atoms with van der Waals surface area (Å²) >= 11 is 0. The highest BCUT2D eigenvalue weighted by atomic mass is 19.1. The molecule has 2 amide bonds. The fourth-order valence-corrected chi connectivity index (χ4v) is 2.80. The lowest BCUT2D eigenvalue weighted by molar-refractivity contribution is -0.118. The predicted molar refractivity (Wildman–Crippen MR) is 98.3 cm³/mol. The molecule has 1 saturated heterocycles. The summed E-state index contributed by atoms with van der Waals surface area (Å²) in [5.74, 6) is -0.437. The summed E-state index contributed by atoms with van der Waals surface area (Å²) in [5, 5.41) is 2.70. The molecule has 1 fully saturated rings. The molecule has 0 spiro atoms. The van der Waals surface area contributed by atoms with E-state index in [1.165, 1.54) is 24.3 Å². The third-order valence-corrected chi connectivity index (χ3v) is 4.21. The van der Waals surface area contributed by atoms with Gasteiger partial charge in [0.1, 0.15) is 11.6 Å². The molecule has 0 bridgehead atoms. The first-order valence-electron chi connectivity index (χ1n) is 8.70. The molecule has 0 radical (unpaired) electrons. The minimum absolute atomic E-state index is 0.00797. The van der Waals surface area contributed by atoms with Crippen LogP contribution in [0.4, 0.5) is 10.1 Å². The van der Waals surface area contributed by atoms with E-state index in [-0.39, 0.29) is 30.3 Å². The van der Waals surface area contributed by atoms with E-state index in [9.17, 15) is 14.0 Å². The number of anilines is 1. The molecule has 7 heteroatoms. The molecule has 1 N–H and O–H groups in total. The fraction of sp³-hybridized carbons (Fsp3) is 0.300. The highest BCUT2D eigenvalue weighted by molar-refractivity contribution is 5.97. The molecule has 6 nitrogen and oxygen atoms in total. The Kier molecular flexibility index (Phi) is 6.03. The zero-order valence-electron chi connectivity index (χ0n) is 15.0. The van der Waals surface area contributed by atoms with E-state index in [1.807, 2.05) is 6.92 Å². The molecule has 1 aliphatic rings. The summed E-state index contributed by atoms with van der Waals surface area (Å²) in [4.78, 5) is 26.5. The average Bonchev–Trinajstić information content (AvgIpc) is 2.67. The Morgan fingerprint density at radius 2 is 2.04 bits per heavy atom. The van der Waals surface area contributed by atoms with E-state index in [0.29, 0.717) is 36.8 Å². The van der Waals surface area contributed by atoms with Crippen LogP contribution in [0.2, 0.25) is 0 Å². The van der Waals surface area contributed by atoms with Crippen LogP contribution in [0.1, 0.15) is 17.3 Å². The SMILES string of the molecule is CC1COCCN1C(=O)c1cccc(NC(=O)COc2ccc(F)cc2)c1. The molecule has 2 aromatic carbocycles. The summed E-state index contributed by atoms with van der Waals surface area (Å²) in [5.41, 5.74) is 1.01. The van der Waals surface area contributed by atoms with Gasteiger partial charge >= 0.3 is 0 Å². The molecule has 142 valence electrons. The van der Waals surface area contributed by atoms with Gasteiger partial charge < -0.3 is 19.7 Å². The van der Waals surface area contributed by atoms with Crippen LogP contribution in [0.15, 0.2) is 48.5 Å². The predicted octanol–water partition coefficient (Wildman–Crippen LogP) is 2.70. The van der Waals surface area contributed by atoms with Crippen molar-refractivity contribution < 1.29 is 23.5 Å². The lowest BCUT2D eigenvalue weighted by Crippen LogP contribution is -2.47. The molecule has 3 rings (SSSR count). The number of benzene rings is 2. The van der Waals surface area contributed by atoms with Gasteiger partial charge in [0.2, 0.25) is 0 Å². The summed E-state index contributed by atoms with van der Waals surface area (Å²) in [6, 6.07) is 12.2. The Hall–Kier alpha value is -2.93. The van der Waals surface area contributed by atoms with Gasteiger partial charge in [-0.1, -0.05) is 6.07 Å². The van der Waals surface area contributed by atoms with Gasteiger partial charge in [0.15, 0.2) is 6.61 Å². The molecular weight excluding hydrogens is 351 g/mol. The third-order valence-electron chi connectivity index (χ3n) is 4.21. The molecule has 0 aliphatic carbocycles. The lowest BCUT2D eigenvalue weighted by Gasteiger charge is -2.33. The molecule has 0 saturated carbocycles. The second-order valence-electron chi connectivity index (χ2n) is 6.29. The minimum atomic E-state index is -0.372. The van der Waals surface area contributed by atoms with Crippen LogP contribution in [-0.2, 0) is 9.53 Å². The molecule has 0 aromatic heterocycles. The van der Waals surface area contributed by atoms with Crippen LogP contribution >= 0.6 is 0 Å². The first-order chi connectivity index (χ1) is 13.0. The smallest absolute Gasteiger partial charge is 0.262 e. The van der Waals surface area contributed by atoms with Crippen molar-refractivity contribution in [1.82, 2.24) is 4.90 Å². The van der Waals surface area contributed by atoms with Crippen LogP contribution in [0, 0.1) is 5.82 Å². The second kappa shape index (κ2) is 8.64. The monoisotopic (exact) mass is 372 g/mol. The van der Waals surface area contributed by atoms with Crippen molar-refractivity contribution in [2.75, 3.05) is 31.7 Å². The van der Waals surface area contributed by atoms with E-state index in [1.54, 1.807) is 29.2 Å². The highest BCUT2D eigenvalue weighted by Gasteiger charge is 2.24. The quantitative estimate of drug-likeness (QED) is 0.876. The number of morpholine rings is 1. The zero-order chi connectivity index (χ0) is 19.2. The first kappa shape index (κ1) is 18.8. The number of hydrogen-bond acceptors (Lipinski definition) is 4. The van der Waals surface area contributed by atoms with Gasteiger partial charge in [-0.2, -0.15) is 0 Å². The molecule has 27 heavy (non-hydrogen) atoms. The first-order valence-corrected chi connectivity index (χ1v) is 8.70. The van der Waals surface area contributed by atoms with Crippen molar-refractivity contribution >= 4 is 17.5 Å². The van der Waals surface area contributed by atoms with Crippen molar-refractivity contribution in [3.05, 3.63) is 59.9 Å². The maximum absolute atomic E-state index is 12.9. The fourth-order valence-electron chi connectivity index (χ4n) is 2.80. The van der Waals surface area contributed by atoms with Gasteiger partial charge in [-0.25, -0.2) is 4.39 Å². The van der Waals surface area contributed by atoms with Gasteiger partial charge in [0.05, 0.1) is 19.3 Å². The number of amides is 2. The standard InChI is InChI=1S/C20H21FN2O4/c1-14-12-26-10-9-23(14)20(25)15-3-2-4-17(11-15)22-19(24)13-27-18-7-5-16(21)6-8-18/h2-8,11,14H,9-10,12-13H2,1H3,(H,22,24). The number of ether oxygens (including phenoxy) is 2. The molecule has 2 aromatic rings. The number of carbonyl (C=O) groups is 2. The molecular formula is C20H21FN2O4. The highest BCUT2D eigenvalue weighted by Crippen LogP contribution is 2.16. The minimum Gasteiger partial charge on any atom is -0.484 e. The lowest BCUT2D eigenvalue weighted by atomic mass is 10.1. The van der Waals surface area contributed by atoms with Gasteiger partial charge in [0.25, 0.3) is 11.8 Å². The topological polar surface area (TPSA) is 67.9 Å². The van der Waals surface area contributed by atoms with Gasteiger partial charge in [-0.05, 0) is 49.4 Å². The Bertz CT molecular complexity index is 810. The second-order valence-corrected chi connectivity index (χ2v) is 6.29. The van der Waals surface area contributed by atoms with Crippen LogP contribution in [0.25, 0.3) is 0 Å². The van der Waals surface area contributed by atoms with Crippen molar-refractivity contribution in [2.24, 2.45) is 0 Å². The third kappa shape index (κ3) is 5.04. The van der Waals surface area contributed by atoms with E-state index in [2.05, 4.69) is 5.32 Å². The van der Waals surface area contributed by atoms with Crippen molar-refractivity contribution in [2.45, 2.75) is 13.0 Å². The van der Waals surface area contributed by atoms with Gasteiger partial charge in [0, 0.05) is 17.8 Å². The largest absolute Gasteiger partial charge is 0.484 e. The number of halogens is 1. The number of carbonyl (C=O) groups excluding carboxylic acids is 2. The number of nitrogens with one attached hydrogen (secondary N) is 1. The summed E-state index contributed by atoms with van der Waals surface area (Å²) in [7, 11) is 0. The number of hydrogen-bond donors (Lipinski definition) is 1. The van der Waals surface area contributed by atoms with Crippen LogP contribution in [-0.4, -0.2) is 49.1 Å². The molecule has 1 atom stereocenters. The molecule has 1 aliphatic heterocycles. The molecule has 1 heterocycles. The van der Waals surface area contributed by atoms with Crippen molar-refractivity contribution in [1.29, 1.82) is 0 Å². The van der Waals surface area contributed by atoms with Gasteiger partial charge in [-0.3, -0.25) is 9.59 Å². The van der Waals surface area contributed by atoms with E-state index in [4.69, 9.17) is 9.47 Å². The van der Waals surface area contributed by atoms with Crippen molar-refractivity contribution in [3.63, 3.8) is 0 Å². The Balaban J connectivity index is 1.58. The van der Waals surface area contributed by atoms with E-state index < -0.39 is 0 Å². The normalized spacial score (nSPS) is 16.7. The molecule has 1 unspecified atom stereocenters. The Morgan fingerprint density at radius 1 is 1.26 bits per heavy atom. The summed E-state index contributed by atoms with van der Waals surface area (Å²) in [6.45, 7) is 3.30. The Morgan fingerprint density at radius 3 is 2.78 bits per heavy atom. The number of rotatable bonds is 5. The van der Waals surface area contributed by atoms with E-state index >= 15 is 0 Å². The maximum Gasteiger partial charge on any atom is 0.262 e. The van der Waals surface area contributed by atoms with Crippen LogP contribution < -0.4 is 10.1 Å². The summed E-state index contributed by atoms with van der Waals surface area (Å²) in [6.07, 6.45) is 0. The maximum atomic E-state index is 12.9. The zero-order valence-corrected chi connectivity index (χ0v) is 15.0.